The first-order valence-electron chi connectivity index (χ1n) is 8.39. The van der Waals surface area contributed by atoms with Gasteiger partial charge in [0.05, 0.1) is 16.7 Å². The number of hydrogen-bond acceptors (Lipinski definition) is 4. The maximum Gasteiger partial charge on any atom is 0.437 e. The van der Waals surface area contributed by atoms with Crippen molar-refractivity contribution in [3.8, 4) is 11.5 Å². The van der Waals surface area contributed by atoms with E-state index < -0.39 is 18.5 Å². The molecule has 0 aliphatic rings. The zero-order valence-corrected chi connectivity index (χ0v) is 18.4. The van der Waals surface area contributed by atoms with Gasteiger partial charge in [-0.2, -0.15) is 26.3 Å². The quantitative estimate of drug-likeness (QED) is 0.126. The average molecular weight is 537 g/mol. The van der Waals surface area contributed by atoms with E-state index in [2.05, 4.69) is 9.99 Å². The number of nitrogens with zero attached hydrogens (tertiary/aromatic N) is 1. The number of ether oxygens (including phenoxy) is 2. The maximum absolute atomic E-state index is 12.3. The van der Waals surface area contributed by atoms with Gasteiger partial charge < -0.3 is 14.3 Å². The topological polar surface area (TPSA) is 40.0 Å². The van der Waals surface area contributed by atoms with Crippen molar-refractivity contribution in [1.82, 2.24) is 0 Å². The molecule has 4 nitrogen and oxygen atoms in total. The molecule has 0 saturated carbocycles. The third kappa shape index (κ3) is 10.8. The van der Waals surface area contributed by atoms with Crippen LogP contribution in [0.4, 0.5) is 26.3 Å². The molecule has 0 N–H and O–H groups in total. The summed E-state index contributed by atoms with van der Waals surface area (Å²) < 4.78 is 84.4. The molecule has 0 amide bonds. The fourth-order valence-electron chi connectivity index (χ4n) is 1.93. The van der Waals surface area contributed by atoms with Crippen LogP contribution in [0.15, 0.2) is 27.9 Å². The van der Waals surface area contributed by atoms with Gasteiger partial charge in [0.2, 0.25) is 0 Å². The maximum atomic E-state index is 12.3. The van der Waals surface area contributed by atoms with Gasteiger partial charge in [-0.05, 0) is 25.3 Å². The van der Waals surface area contributed by atoms with E-state index in [1.54, 1.807) is 0 Å². The summed E-state index contributed by atoms with van der Waals surface area (Å²) in [6.07, 6.45) is -12.2. The Morgan fingerprint density at radius 1 is 0.968 bits per heavy atom. The summed E-state index contributed by atoms with van der Waals surface area (Å²) in [5.41, 5.74) is 0. The molecule has 0 aromatic heterocycles. The molecule has 176 valence electrons. The lowest BCUT2D eigenvalue weighted by molar-refractivity contribution is -0.322. The van der Waals surface area contributed by atoms with Gasteiger partial charge in [-0.1, -0.05) is 51.6 Å². The van der Waals surface area contributed by atoms with Crippen LogP contribution in [-0.4, -0.2) is 37.9 Å². The van der Waals surface area contributed by atoms with E-state index in [9.17, 15) is 26.3 Å². The standard InChI is InChI=1S/C17H15Cl4F6NO3/c18-11-8-10(29-7-4-13(20)21)9-12(19)14(11)30-6-3-1-2-5-28-31-15(16(22,23)24)17(25,26)27/h4-5,8-9,15H,1-3,6-7H2. The van der Waals surface area contributed by atoms with Gasteiger partial charge in [-0.25, -0.2) is 0 Å². The third-order valence-corrected chi connectivity index (χ3v) is 4.14. The first-order chi connectivity index (χ1) is 14.3. The Morgan fingerprint density at radius 3 is 2.06 bits per heavy atom. The zero-order chi connectivity index (χ0) is 23.7. The van der Waals surface area contributed by atoms with Crippen molar-refractivity contribution in [1.29, 1.82) is 0 Å². The molecule has 0 unspecified atom stereocenters. The van der Waals surface area contributed by atoms with Gasteiger partial charge >= 0.3 is 18.5 Å². The lowest BCUT2D eigenvalue weighted by atomic mass is 10.2. The largest absolute Gasteiger partial charge is 0.490 e. The Bertz CT molecular complexity index is 730. The highest BCUT2D eigenvalue weighted by Gasteiger charge is 2.59. The van der Waals surface area contributed by atoms with Crippen LogP contribution in [0.1, 0.15) is 19.3 Å². The van der Waals surface area contributed by atoms with Crippen molar-refractivity contribution in [2.45, 2.75) is 37.7 Å². The fourth-order valence-corrected chi connectivity index (χ4v) is 2.63. The Kier molecular flexibility index (Phi) is 11.4. The van der Waals surface area contributed by atoms with Crippen LogP contribution in [0, 0.1) is 0 Å². The molecular formula is C17H15Cl4F6NO3. The molecular weight excluding hydrogens is 522 g/mol. The van der Waals surface area contributed by atoms with Crippen LogP contribution < -0.4 is 9.47 Å². The van der Waals surface area contributed by atoms with Crippen molar-refractivity contribution in [3.05, 3.63) is 32.7 Å². The van der Waals surface area contributed by atoms with Crippen LogP contribution in [0.2, 0.25) is 10.0 Å². The molecule has 0 spiro atoms. The molecule has 0 radical (unpaired) electrons. The molecule has 0 atom stereocenters. The Morgan fingerprint density at radius 2 is 1.55 bits per heavy atom. The molecule has 0 bridgehead atoms. The summed E-state index contributed by atoms with van der Waals surface area (Å²) in [7, 11) is 0. The molecule has 0 fully saturated rings. The Labute approximate surface area is 193 Å². The van der Waals surface area contributed by atoms with Crippen LogP contribution in [0.3, 0.4) is 0 Å². The molecule has 31 heavy (non-hydrogen) atoms. The number of hydrogen-bond donors (Lipinski definition) is 0. The molecule has 14 heteroatoms. The summed E-state index contributed by atoms with van der Waals surface area (Å²) in [4.78, 5) is 3.55. The van der Waals surface area contributed by atoms with Gasteiger partial charge in [0.25, 0.3) is 0 Å². The molecule has 0 saturated heterocycles. The average Bonchev–Trinajstić information content (AvgIpc) is 2.59. The highest BCUT2D eigenvalue weighted by molar-refractivity contribution is 6.55. The Hall–Kier alpha value is -1.23. The minimum atomic E-state index is -5.61. The minimum Gasteiger partial charge on any atom is -0.490 e. The summed E-state index contributed by atoms with van der Waals surface area (Å²) in [5.74, 6) is 0.539. The third-order valence-electron chi connectivity index (χ3n) is 3.27. The Balaban J connectivity index is 2.41. The first kappa shape index (κ1) is 27.8. The van der Waals surface area contributed by atoms with Gasteiger partial charge in [-0.15, -0.1) is 0 Å². The van der Waals surface area contributed by atoms with Crippen LogP contribution in [-0.2, 0) is 4.84 Å². The molecule has 0 aliphatic heterocycles. The second-order valence-corrected chi connectivity index (χ2v) is 7.54. The van der Waals surface area contributed by atoms with E-state index in [0.29, 0.717) is 18.6 Å². The summed E-state index contributed by atoms with van der Waals surface area (Å²) in [6.45, 7) is 0.222. The first-order valence-corrected chi connectivity index (χ1v) is 9.90. The van der Waals surface area contributed by atoms with Crippen molar-refractivity contribution < 1.29 is 40.7 Å². The van der Waals surface area contributed by atoms with E-state index >= 15 is 0 Å². The van der Waals surface area contributed by atoms with Crippen LogP contribution >= 0.6 is 46.4 Å². The van der Waals surface area contributed by atoms with Crippen LogP contribution in [0.25, 0.3) is 0 Å². The van der Waals surface area contributed by atoms with E-state index in [4.69, 9.17) is 55.9 Å². The summed E-state index contributed by atoms with van der Waals surface area (Å²) in [6, 6.07) is 2.92. The van der Waals surface area contributed by atoms with Gasteiger partial charge in [0.15, 0.2) is 5.75 Å². The molecule has 1 rings (SSSR count). The highest BCUT2D eigenvalue weighted by Crippen LogP contribution is 2.37. The van der Waals surface area contributed by atoms with E-state index in [0.717, 1.165) is 6.21 Å². The smallest absolute Gasteiger partial charge is 0.437 e. The van der Waals surface area contributed by atoms with Crippen molar-refractivity contribution in [2.75, 3.05) is 13.2 Å². The van der Waals surface area contributed by atoms with E-state index in [1.807, 2.05) is 0 Å². The number of unbranched alkanes of at least 4 members (excludes halogenated alkanes) is 2. The monoisotopic (exact) mass is 535 g/mol. The lowest BCUT2D eigenvalue weighted by Crippen LogP contribution is -2.43. The molecule has 1 aromatic rings. The van der Waals surface area contributed by atoms with Crippen molar-refractivity contribution in [3.63, 3.8) is 0 Å². The number of halogens is 10. The summed E-state index contributed by atoms with van der Waals surface area (Å²) in [5, 5.41) is 3.09. The van der Waals surface area contributed by atoms with Crippen molar-refractivity contribution >= 4 is 52.6 Å². The molecule has 0 heterocycles. The second-order valence-electron chi connectivity index (χ2n) is 5.72. The fraction of sp³-hybridized carbons (Fsp3) is 0.471. The zero-order valence-electron chi connectivity index (χ0n) is 15.4. The number of rotatable bonds is 11. The number of oxime groups is 1. The van der Waals surface area contributed by atoms with Gasteiger partial charge in [-0.3, -0.25) is 0 Å². The second kappa shape index (κ2) is 12.7. The number of benzene rings is 1. The normalized spacial score (nSPS) is 12.4. The summed E-state index contributed by atoms with van der Waals surface area (Å²) >= 11 is 23.1. The molecule has 1 aromatic carbocycles. The molecule has 0 aliphatic carbocycles. The lowest BCUT2D eigenvalue weighted by Gasteiger charge is -2.20. The van der Waals surface area contributed by atoms with Gasteiger partial charge in [0, 0.05) is 18.3 Å². The van der Waals surface area contributed by atoms with E-state index in [-0.39, 0.29) is 39.9 Å². The van der Waals surface area contributed by atoms with Crippen molar-refractivity contribution in [2.24, 2.45) is 5.16 Å². The van der Waals surface area contributed by atoms with Crippen LogP contribution in [0.5, 0.6) is 11.5 Å². The predicted octanol–water partition coefficient (Wildman–Crippen LogP) is 7.74. The predicted molar refractivity (Wildman–Crippen MR) is 107 cm³/mol. The minimum absolute atomic E-state index is 0.0364. The highest BCUT2D eigenvalue weighted by atomic mass is 35.5. The SMILES string of the molecule is FC(F)(F)C(ON=CCCCCOc1c(Cl)cc(OCC=C(Cl)Cl)cc1Cl)C(F)(F)F. The van der Waals surface area contributed by atoms with Gasteiger partial charge in [0.1, 0.15) is 16.8 Å². The number of alkyl halides is 6. The van der Waals surface area contributed by atoms with E-state index in [1.165, 1.54) is 18.2 Å².